The van der Waals surface area contributed by atoms with Crippen molar-refractivity contribution >= 4 is 103 Å². The van der Waals surface area contributed by atoms with E-state index in [1.165, 1.54) is 69.4 Å². The van der Waals surface area contributed by atoms with Crippen LogP contribution in [0.3, 0.4) is 0 Å². The fraction of sp³-hybridized carbons (Fsp3) is 0. The number of nitrogens with zero attached hydrogens (tertiary/aromatic N) is 2. The third kappa shape index (κ3) is 5.37. The van der Waals surface area contributed by atoms with Crippen LogP contribution in [0.5, 0.6) is 0 Å². The molecule has 0 aliphatic rings. The second kappa shape index (κ2) is 13.8. The topological polar surface area (TPSA) is 21.3 Å². The maximum atomic E-state index is 6.49. The molecular formula is C58H36N2OS. The molecule has 0 N–H and O–H groups in total. The lowest BCUT2D eigenvalue weighted by Crippen LogP contribution is -2.10. The molecule has 10 aromatic carbocycles. The molecule has 13 aromatic rings. The predicted molar refractivity (Wildman–Crippen MR) is 264 cm³/mol. The molecule has 0 bridgehead atoms. The Kier molecular flexibility index (Phi) is 7.78. The number of hydrogen-bond acceptors (Lipinski definition) is 3. The fourth-order valence-corrected chi connectivity index (χ4v) is 11.1. The van der Waals surface area contributed by atoms with E-state index in [1.54, 1.807) is 0 Å². The highest BCUT2D eigenvalue weighted by Gasteiger charge is 2.22. The molecular weight excluding hydrogens is 773 g/mol. The minimum Gasteiger partial charge on any atom is -0.456 e. The lowest BCUT2D eigenvalue weighted by atomic mass is 10.0. The molecule has 13 rings (SSSR count). The first-order valence-electron chi connectivity index (χ1n) is 21.1. The molecule has 3 aromatic heterocycles. The van der Waals surface area contributed by atoms with Gasteiger partial charge < -0.3 is 13.9 Å². The van der Waals surface area contributed by atoms with Crippen molar-refractivity contribution in [3.05, 3.63) is 218 Å². The molecule has 3 heterocycles. The largest absolute Gasteiger partial charge is 0.456 e. The van der Waals surface area contributed by atoms with E-state index in [2.05, 4.69) is 216 Å². The van der Waals surface area contributed by atoms with Gasteiger partial charge in [0.05, 0.1) is 21.4 Å². The van der Waals surface area contributed by atoms with Gasteiger partial charge in [-0.1, -0.05) is 158 Å². The van der Waals surface area contributed by atoms with Crippen LogP contribution in [0.2, 0.25) is 0 Å². The van der Waals surface area contributed by atoms with Gasteiger partial charge in [-0.05, 0) is 82.2 Å². The molecule has 0 saturated carbocycles. The zero-order valence-corrected chi connectivity index (χ0v) is 34.3. The number of benzene rings is 10. The molecule has 0 amide bonds. The summed E-state index contributed by atoms with van der Waals surface area (Å²) in [5.74, 6) is 0. The average Bonchev–Trinajstić information content (AvgIpc) is 4.02. The molecule has 0 fully saturated rings. The van der Waals surface area contributed by atoms with Crippen molar-refractivity contribution in [1.29, 1.82) is 0 Å². The Bertz CT molecular complexity index is 3860. The van der Waals surface area contributed by atoms with Crippen molar-refractivity contribution < 1.29 is 4.42 Å². The average molecular weight is 809 g/mol. The summed E-state index contributed by atoms with van der Waals surface area (Å²) >= 11 is 1.87. The molecule has 290 valence electrons. The first-order valence-corrected chi connectivity index (χ1v) is 21.9. The SMILES string of the molecule is c1ccc(-c2cccc3c2sc2c(N(c4ccc(-c5ccc6c7ccc8ccccc8c7n(-c7ccccc7)c6c5)cc4)c4ccc5c(c4)oc4ccccc45)cccc23)cc1. The highest BCUT2D eigenvalue weighted by Crippen LogP contribution is 2.48. The second-order valence-corrected chi connectivity index (χ2v) is 17.1. The monoisotopic (exact) mass is 808 g/mol. The van der Waals surface area contributed by atoms with Crippen molar-refractivity contribution in [2.24, 2.45) is 0 Å². The smallest absolute Gasteiger partial charge is 0.137 e. The molecule has 0 spiro atoms. The van der Waals surface area contributed by atoms with E-state index in [1.807, 2.05) is 23.5 Å². The summed E-state index contributed by atoms with van der Waals surface area (Å²) in [6, 6.07) is 79.1. The van der Waals surface area contributed by atoms with Gasteiger partial charge in [-0.3, -0.25) is 0 Å². The zero-order chi connectivity index (χ0) is 40.7. The molecule has 4 heteroatoms. The highest BCUT2D eigenvalue weighted by atomic mass is 32.1. The van der Waals surface area contributed by atoms with Crippen LogP contribution in [0, 0.1) is 0 Å². The number of furan rings is 1. The molecule has 0 saturated heterocycles. The summed E-state index contributed by atoms with van der Waals surface area (Å²) in [5.41, 5.74) is 13.4. The third-order valence-corrected chi connectivity index (χ3v) is 13.9. The van der Waals surface area contributed by atoms with Gasteiger partial charge in [0.15, 0.2) is 0 Å². The number of aromatic nitrogens is 1. The summed E-state index contributed by atoms with van der Waals surface area (Å²) in [6.07, 6.45) is 0. The molecule has 0 unspecified atom stereocenters. The van der Waals surface area contributed by atoms with Crippen LogP contribution in [-0.4, -0.2) is 4.57 Å². The van der Waals surface area contributed by atoms with Gasteiger partial charge in [0.2, 0.25) is 0 Å². The van der Waals surface area contributed by atoms with Crippen molar-refractivity contribution in [3.8, 4) is 27.9 Å². The van der Waals surface area contributed by atoms with Crippen LogP contribution >= 0.6 is 11.3 Å². The third-order valence-electron chi connectivity index (χ3n) is 12.6. The van der Waals surface area contributed by atoms with E-state index in [0.717, 1.165) is 50.3 Å². The van der Waals surface area contributed by atoms with E-state index >= 15 is 0 Å². The Balaban J connectivity index is 0.990. The van der Waals surface area contributed by atoms with Crippen molar-refractivity contribution in [2.75, 3.05) is 4.90 Å². The van der Waals surface area contributed by atoms with Crippen LogP contribution in [0.25, 0.3) is 103 Å². The first kappa shape index (κ1) is 34.9. The van der Waals surface area contributed by atoms with Gasteiger partial charge in [-0.15, -0.1) is 11.3 Å². The Hall–Kier alpha value is -7.92. The Morgan fingerprint density at radius 1 is 0.387 bits per heavy atom. The van der Waals surface area contributed by atoms with E-state index < -0.39 is 0 Å². The van der Waals surface area contributed by atoms with Gasteiger partial charge in [0, 0.05) is 65.5 Å². The molecule has 62 heavy (non-hydrogen) atoms. The van der Waals surface area contributed by atoms with Crippen molar-refractivity contribution in [2.45, 2.75) is 0 Å². The number of anilines is 3. The Morgan fingerprint density at radius 2 is 1.03 bits per heavy atom. The number of rotatable bonds is 6. The second-order valence-electron chi connectivity index (χ2n) is 16.1. The summed E-state index contributed by atoms with van der Waals surface area (Å²) in [7, 11) is 0. The van der Waals surface area contributed by atoms with E-state index in [9.17, 15) is 0 Å². The van der Waals surface area contributed by atoms with E-state index in [4.69, 9.17) is 4.42 Å². The molecule has 0 aliphatic carbocycles. The van der Waals surface area contributed by atoms with Crippen molar-refractivity contribution in [1.82, 2.24) is 4.57 Å². The van der Waals surface area contributed by atoms with Gasteiger partial charge in [0.1, 0.15) is 11.2 Å². The quantitative estimate of drug-likeness (QED) is 0.167. The standard InChI is InChI=1S/C58H36N2OS/c1-3-13-38(14-4-1)45-20-11-21-50-51-22-12-23-52(58(51)62-57(45)50)59(43-31-34-48-47-19-9-10-24-54(47)61-55(48)36-43)42-29-25-37(26-30-42)40-28-32-46-49-33-27-39-15-7-8-18-44(39)56(49)60(53(46)35-40)41-16-5-2-6-17-41/h1-36H. The summed E-state index contributed by atoms with van der Waals surface area (Å²) in [5, 5.41) is 9.76. The summed E-state index contributed by atoms with van der Waals surface area (Å²) in [6.45, 7) is 0. The number of hydrogen-bond donors (Lipinski definition) is 0. The van der Waals surface area contributed by atoms with Crippen molar-refractivity contribution in [3.63, 3.8) is 0 Å². The minimum absolute atomic E-state index is 0.870. The van der Waals surface area contributed by atoms with Gasteiger partial charge in [-0.25, -0.2) is 0 Å². The van der Waals surface area contributed by atoms with Gasteiger partial charge >= 0.3 is 0 Å². The van der Waals surface area contributed by atoms with Crippen LogP contribution in [0.1, 0.15) is 0 Å². The number of thiophene rings is 1. The first-order chi connectivity index (χ1) is 30.7. The fourth-order valence-electron chi connectivity index (χ4n) is 9.71. The van der Waals surface area contributed by atoms with Gasteiger partial charge in [0.25, 0.3) is 0 Å². The Labute approximate surface area is 361 Å². The maximum absolute atomic E-state index is 6.49. The minimum atomic E-state index is 0.870. The lowest BCUT2D eigenvalue weighted by Gasteiger charge is -2.26. The predicted octanol–water partition coefficient (Wildman–Crippen LogP) is 17.0. The van der Waals surface area contributed by atoms with E-state index in [-0.39, 0.29) is 0 Å². The normalized spacial score (nSPS) is 11.9. The summed E-state index contributed by atoms with van der Waals surface area (Å²) < 4.78 is 11.5. The molecule has 0 aliphatic heterocycles. The molecule has 0 atom stereocenters. The molecule has 3 nitrogen and oxygen atoms in total. The maximum Gasteiger partial charge on any atom is 0.137 e. The van der Waals surface area contributed by atoms with Crippen LogP contribution in [0.15, 0.2) is 223 Å². The van der Waals surface area contributed by atoms with Gasteiger partial charge in [-0.2, -0.15) is 0 Å². The highest BCUT2D eigenvalue weighted by molar-refractivity contribution is 7.27. The summed E-state index contributed by atoms with van der Waals surface area (Å²) in [4.78, 5) is 2.40. The van der Waals surface area contributed by atoms with Crippen LogP contribution in [-0.2, 0) is 0 Å². The zero-order valence-electron chi connectivity index (χ0n) is 33.5. The van der Waals surface area contributed by atoms with Crippen LogP contribution in [0.4, 0.5) is 17.1 Å². The molecule has 0 radical (unpaired) electrons. The number of para-hydroxylation sites is 2. The Morgan fingerprint density at radius 3 is 1.89 bits per heavy atom. The van der Waals surface area contributed by atoms with Crippen LogP contribution < -0.4 is 4.90 Å². The lowest BCUT2D eigenvalue weighted by molar-refractivity contribution is 0.669. The van der Waals surface area contributed by atoms with E-state index in [0.29, 0.717) is 0 Å². The number of fused-ring (bicyclic) bond motifs is 11.